The van der Waals surface area contributed by atoms with Gasteiger partial charge in [-0.05, 0) is 32.3 Å². The third-order valence-corrected chi connectivity index (χ3v) is 2.94. The number of ether oxygens (including phenoxy) is 2. The minimum atomic E-state index is -0.438. The highest BCUT2D eigenvalue weighted by Crippen LogP contribution is 2.24. The number of carbonyl (C=O) groups is 1. The molecule has 1 aliphatic rings. The second-order valence-electron chi connectivity index (χ2n) is 4.85. The van der Waals surface area contributed by atoms with Crippen LogP contribution >= 0.6 is 0 Å². The summed E-state index contributed by atoms with van der Waals surface area (Å²) >= 11 is 0. The van der Waals surface area contributed by atoms with Crippen LogP contribution in [0.1, 0.15) is 36.2 Å². The maximum atomic E-state index is 10.5. The van der Waals surface area contributed by atoms with Gasteiger partial charge in [-0.2, -0.15) is 0 Å². The van der Waals surface area contributed by atoms with Crippen LogP contribution in [0.25, 0.3) is 0 Å². The first-order chi connectivity index (χ1) is 8.09. The number of aldehydes is 1. The summed E-state index contributed by atoms with van der Waals surface area (Å²) in [5.74, 6) is -0.438. The average Bonchev–Trinajstić information content (AvgIpc) is 2.67. The molecule has 0 saturated carbocycles. The van der Waals surface area contributed by atoms with Crippen molar-refractivity contribution in [2.24, 2.45) is 0 Å². The van der Waals surface area contributed by atoms with Crippen molar-refractivity contribution in [2.75, 3.05) is 6.61 Å². The van der Waals surface area contributed by atoms with Gasteiger partial charge in [0.25, 0.3) is 0 Å². The molecule has 0 amide bonds. The molecular formula is C14H18O3. The predicted molar refractivity (Wildman–Crippen MR) is 65.1 cm³/mol. The van der Waals surface area contributed by atoms with Gasteiger partial charge in [0.15, 0.2) is 5.79 Å². The van der Waals surface area contributed by atoms with E-state index in [0.717, 1.165) is 24.7 Å². The Morgan fingerprint density at radius 2 is 2.06 bits per heavy atom. The molecule has 1 saturated heterocycles. The molecule has 1 fully saturated rings. The number of hydrogen-bond donors (Lipinski definition) is 0. The third-order valence-electron chi connectivity index (χ3n) is 2.94. The molecule has 3 nitrogen and oxygen atoms in total. The van der Waals surface area contributed by atoms with Crippen LogP contribution in [0.2, 0.25) is 0 Å². The largest absolute Gasteiger partial charge is 0.348 e. The summed E-state index contributed by atoms with van der Waals surface area (Å²) in [6, 6.07) is 7.67. The Hall–Kier alpha value is -1.19. The van der Waals surface area contributed by atoms with E-state index in [-0.39, 0.29) is 6.10 Å². The molecule has 1 atom stereocenters. The molecule has 1 aliphatic heterocycles. The summed E-state index contributed by atoms with van der Waals surface area (Å²) in [7, 11) is 0. The van der Waals surface area contributed by atoms with Crippen LogP contribution in [-0.4, -0.2) is 24.8 Å². The highest BCUT2D eigenvalue weighted by atomic mass is 16.7. The van der Waals surface area contributed by atoms with Gasteiger partial charge in [0.05, 0.1) is 12.7 Å². The standard InChI is InChI=1S/C14H18O3/c1-14(2)16-10-13(17-14)8-7-11-3-5-12(9-15)6-4-11/h3-6,9,13H,7-8,10H2,1-2H3/t13-/m1/s1. The summed E-state index contributed by atoms with van der Waals surface area (Å²) in [6.07, 6.45) is 2.93. The van der Waals surface area contributed by atoms with Crippen molar-refractivity contribution in [2.45, 2.75) is 38.6 Å². The van der Waals surface area contributed by atoms with Gasteiger partial charge in [-0.25, -0.2) is 0 Å². The second-order valence-corrected chi connectivity index (χ2v) is 4.85. The molecule has 0 unspecified atom stereocenters. The summed E-state index contributed by atoms with van der Waals surface area (Å²) in [6.45, 7) is 4.54. The fourth-order valence-corrected chi connectivity index (χ4v) is 2.00. The lowest BCUT2D eigenvalue weighted by molar-refractivity contribution is -0.138. The van der Waals surface area contributed by atoms with E-state index in [9.17, 15) is 4.79 Å². The van der Waals surface area contributed by atoms with Gasteiger partial charge in [-0.1, -0.05) is 24.3 Å². The van der Waals surface area contributed by atoms with Gasteiger partial charge in [0, 0.05) is 5.56 Å². The highest BCUT2D eigenvalue weighted by molar-refractivity contribution is 5.74. The minimum absolute atomic E-state index is 0.177. The van der Waals surface area contributed by atoms with Gasteiger partial charge in [-0.3, -0.25) is 4.79 Å². The Kier molecular flexibility index (Phi) is 3.60. The first-order valence-electron chi connectivity index (χ1n) is 5.95. The van der Waals surface area contributed by atoms with Gasteiger partial charge in [0.1, 0.15) is 6.29 Å². The number of carbonyl (C=O) groups excluding carboxylic acids is 1. The number of benzene rings is 1. The molecule has 2 rings (SSSR count). The van der Waals surface area contributed by atoms with Crippen molar-refractivity contribution in [3.05, 3.63) is 35.4 Å². The van der Waals surface area contributed by atoms with E-state index in [1.165, 1.54) is 5.56 Å². The van der Waals surface area contributed by atoms with E-state index in [4.69, 9.17) is 9.47 Å². The van der Waals surface area contributed by atoms with E-state index in [2.05, 4.69) is 0 Å². The van der Waals surface area contributed by atoms with Crippen molar-refractivity contribution >= 4 is 6.29 Å². The quantitative estimate of drug-likeness (QED) is 0.751. The summed E-state index contributed by atoms with van der Waals surface area (Å²) in [4.78, 5) is 10.5. The Balaban J connectivity index is 1.84. The minimum Gasteiger partial charge on any atom is -0.348 e. The van der Waals surface area contributed by atoms with Crippen molar-refractivity contribution in [1.29, 1.82) is 0 Å². The third kappa shape index (κ3) is 3.38. The van der Waals surface area contributed by atoms with E-state index in [1.807, 2.05) is 38.1 Å². The molecule has 0 aliphatic carbocycles. The Bertz CT molecular complexity index is 381. The van der Waals surface area contributed by atoms with Crippen LogP contribution < -0.4 is 0 Å². The molecule has 0 aromatic heterocycles. The molecule has 1 heterocycles. The topological polar surface area (TPSA) is 35.5 Å². The first kappa shape index (κ1) is 12.3. The SMILES string of the molecule is CC1(C)OC[C@@H](CCc2ccc(C=O)cc2)O1. The lowest BCUT2D eigenvalue weighted by atomic mass is 10.1. The van der Waals surface area contributed by atoms with Crippen molar-refractivity contribution in [3.63, 3.8) is 0 Å². The van der Waals surface area contributed by atoms with E-state index in [0.29, 0.717) is 6.61 Å². The lowest BCUT2D eigenvalue weighted by Gasteiger charge is -2.17. The predicted octanol–water partition coefficient (Wildman–Crippen LogP) is 2.58. The normalized spacial score (nSPS) is 22.6. The lowest BCUT2D eigenvalue weighted by Crippen LogP contribution is -2.21. The van der Waals surface area contributed by atoms with E-state index < -0.39 is 5.79 Å². The zero-order chi connectivity index (χ0) is 12.3. The van der Waals surface area contributed by atoms with Crippen LogP contribution in [0.5, 0.6) is 0 Å². The van der Waals surface area contributed by atoms with Crippen LogP contribution in [0.15, 0.2) is 24.3 Å². The second kappa shape index (κ2) is 4.98. The van der Waals surface area contributed by atoms with Gasteiger partial charge in [0.2, 0.25) is 0 Å². The molecular weight excluding hydrogens is 216 g/mol. The summed E-state index contributed by atoms with van der Waals surface area (Å²) in [5, 5.41) is 0. The Morgan fingerprint density at radius 3 is 2.59 bits per heavy atom. The molecule has 3 heteroatoms. The highest BCUT2D eigenvalue weighted by Gasteiger charge is 2.32. The van der Waals surface area contributed by atoms with Gasteiger partial charge < -0.3 is 9.47 Å². The fraction of sp³-hybridized carbons (Fsp3) is 0.500. The first-order valence-corrected chi connectivity index (χ1v) is 5.95. The molecule has 0 bridgehead atoms. The maximum absolute atomic E-state index is 10.5. The van der Waals surface area contributed by atoms with Crippen molar-refractivity contribution in [3.8, 4) is 0 Å². The van der Waals surface area contributed by atoms with Crippen LogP contribution in [0.4, 0.5) is 0 Å². The summed E-state index contributed by atoms with van der Waals surface area (Å²) in [5.41, 5.74) is 1.94. The molecule has 92 valence electrons. The van der Waals surface area contributed by atoms with Crippen molar-refractivity contribution in [1.82, 2.24) is 0 Å². The maximum Gasteiger partial charge on any atom is 0.163 e. The van der Waals surface area contributed by atoms with Crippen LogP contribution in [0.3, 0.4) is 0 Å². The number of hydrogen-bond acceptors (Lipinski definition) is 3. The zero-order valence-corrected chi connectivity index (χ0v) is 10.3. The van der Waals surface area contributed by atoms with Gasteiger partial charge in [-0.15, -0.1) is 0 Å². The Morgan fingerprint density at radius 1 is 1.35 bits per heavy atom. The molecule has 17 heavy (non-hydrogen) atoms. The fourth-order valence-electron chi connectivity index (χ4n) is 2.00. The monoisotopic (exact) mass is 234 g/mol. The van der Waals surface area contributed by atoms with Crippen molar-refractivity contribution < 1.29 is 14.3 Å². The van der Waals surface area contributed by atoms with E-state index in [1.54, 1.807) is 0 Å². The molecule has 0 radical (unpaired) electrons. The zero-order valence-electron chi connectivity index (χ0n) is 10.3. The van der Waals surface area contributed by atoms with E-state index >= 15 is 0 Å². The molecule has 0 spiro atoms. The smallest absolute Gasteiger partial charge is 0.163 e. The number of aryl methyl sites for hydroxylation is 1. The number of rotatable bonds is 4. The van der Waals surface area contributed by atoms with Crippen LogP contribution in [0, 0.1) is 0 Å². The average molecular weight is 234 g/mol. The van der Waals surface area contributed by atoms with Gasteiger partial charge >= 0.3 is 0 Å². The molecule has 0 N–H and O–H groups in total. The Labute approximate surface area is 102 Å². The van der Waals surface area contributed by atoms with Crippen LogP contribution in [-0.2, 0) is 15.9 Å². The summed E-state index contributed by atoms with van der Waals surface area (Å²) < 4.78 is 11.2. The molecule has 1 aromatic carbocycles. The molecule has 1 aromatic rings.